The van der Waals surface area contributed by atoms with Crippen molar-refractivity contribution in [2.75, 3.05) is 5.32 Å². The zero-order chi connectivity index (χ0) is 16.7. The minimum atomic E-state index is -0.182. The molecule has 0 atom stereocenters. The molecule has 1 amide bonds. The normalized spacial score (nSPS) is 11.1. The summed E-state index contributed by atoms with van der Waals surface area (Å²) in [6.45, 7) is 1.85. The van der Waals surface area contributed by atoms with Crippen molar-refractivity contribution in [1.29, 1.82) is 0 Å². The Kier molecular flexibility index (Phi) is 4.09. The largest absolute Gasteiger partial charge is 0.297 e. The number of anilines is 1. The third kappa shape index (κ3) is 2.95. The average molecular weight is 392 g/mol. The van der Waals surface area contributed by atoms with E-state index in [1.807, 2.05) is 36.6 Å². The van der Waals surface area contributed by atoms with Gasteiger partial charge in [0.05, 0.1) is 20.8 Å². The molecule has 4 nitrogen and oxygen atoms in total. The van der Waals surface area contributed by atoms with Crippen LogP contribution in [0.4, 0.5) is 5.13 Å². The topological polar surface area (TPSA) is 54.9 Å². The molecule has 0 fully saturated rings. The number of carbonyl (C=O) groups excluding carboxylic acids is 1. The first-order chi connectivity index (χ1) is 11.6. The van der Waals surface area contributed by atoms with Gasteiger partial charge in [-0.15, -0.1) is 22.7 Å². The SMILES string of the molecule is Cc1nc(-c2cccs2)sc1C(=O)Nc1nc2ccc(Cl)cc2s1. The molecule has 0 unspecified atom stereocenters. The Morgan fingerprint density at radius 1 is 1.21 bits per heavy atom. The Balaban J connectivity index is 1.61. The first-order valence-corrected chi connectivity index (χ1v) is 9.88. The lowest BCUT2D eigenvalue weighted by Gasteiger charge is -1.98. The number of benzene rings is 1. The maximum Gasteiger partial charge on any atom is 0.269 e. The number of carbonyl (C=O) groups is 1. The van der Waals surface area contributed by atoms with Crippen molar-refractivity contribution < 1.29 is 4.79 Å². The van der Waals surface area contributed by atoms with Gasteiger partial charge in [-0.2, -0.15) is 0 Å². The van der Waals surface area contributed by atoms with E-state index in [0.29, 0.717) is 15.0 Å². The summed E-state index contributed by atoms with van der Waals surface area (Å²) in [7, 11) is 0. The molecule has 3 heterocycles. The number of aryl methyl sites for hydroxylation is 1. The van der Waals surface area contributed by atoms with Crippen molar-refractivity contribution in [2.24, 2.45) is 0 Å². The van der Waals surface area contributed by atoms with Gasteiger partial charge in [0.15, 0.2) is 5.13 Å². The molecule has 0 radical (unpaired) electrons. The maximum absolute atomic E-state index is 12.6. The minimum absolute atomic E-state index is 0.182. The van der Waals surface area contributed by atoms with E-state index >= 15 is 0 Å². The molecule has 0 bridgehead atoms. The van der Waals surface area contributed by atoms with Crippen LogP contribution in [0, 0.1) is 6.92 Å². The second-order valence-corrected chi connectivity index (χ2v) is 8.41. The summed E-state index contributed by atoms with van der Waals surface area (Å²) in [6, 6.07) is 9.45. The quantitative estimate of drug-likeness (QED) is 0.487. The molecule has 8 heteroatoms. The number of nitrogens with one attached hydrogen (secondary N) is 1. The van der Waals surface area contributed by atoms with E-state index in [2.05, 4.69) is 15.3 Å². The van der Waals surface area contributed by atoms with Crippen LogP contribution in [0.25, 0.3) is 20.1 Å². The number of hydrogen-bond donors (Lipinski definition) is 1. The average Bonchev–Trinajstić information content (AvgIpc) is 3.25. The fraction of sp³-hybridized carbons (Fsp3) is 0.0625. The summed E-state index contributed by atoms with van der Waals surface area (Å²) < 4.78 is 0.943. The lowest BCUT2D eigenvalue weighted by Crippen LogP contribution is -2.11. The molecule has 1 N–H and O–H groups in total. The molecule has 1 aromatic carbocycles. The Labute approximate surface area is 154 Å². The molecule has 0 aliphatic carbocycles. The molecule has 3 aromatic heterocycles. The number of thiazole rings is 2. The molecular weight excluding hydrogens is 382 g/mol. The van der Waals surface area contributed by atoms with Gasteiger partial charge in [0.2, 0.25) is 0 Å². The van der Waals surface area contributed by atoms with Crippen molar-refractivity contribution >= 4 is 66.9 Å². The van der Waals surface area contributed by atoms with Crippen LogP contribution in [0.3, 0.4) is 0 Å². The second kappa shape index (κ2) is 6.25. The van der Waals surface area contributed by atoms with Crippen LogP contribution in [0.1, 0.15) is 15.4 Å². The molecule has 0 saturated heterocycles. The zero-order valence-corrected chi connectivity index (χ0v) is 15.6. The van der Waals surface area contributed by atoms with E-state index < -0.39 is 0 Å². The minimum Gasteiger partial charge on any atom is -0.297 e. The number of thiophene rings is 1. The lowest BCUT2D eigenvalue weighted by atomic mass is 10.3. The number of hydrogen-bond acceptors (Lipinski definition) is 6. The van der Waals surface area contributed by atoms with Crippen molar-refractivity contribution in [3.05, 3.63) is 51.3 Å². The van der Waals surface area contributed by atoms with Gasteiger partial charge in [-0.1, -0.05) is 29.0 Å². The highest BCUT2D eigenvalue weighted by Crippen LogP contribution is 2.32. The summed E-state index contributed by atoms with van der Waals surface area (Å²) in [4.78, 5) is 23.2. The molecular formula is C16H10ClN3OS3. The summed E-state index contributed by atoms with van der Waals surface area (Å²) in [5.74, 6) is -0.182. The van der Waals surface area contributed by atoms with Gasteiger partial charge in [-0.3, -0.25) is 10.1 Å². The predicted octanol–water partition coefficient (Wildman–Crippen LogP) is 5.70. The van der Waals surface area contributed by atoms with Crippen LogP contribution in [0.15, 0.2) is 35.7 Å². The van der Waals surface area contributed by atoms with Crippen LogP contribution < -0.4 is 5.32 Å². The van der Waals surface area contributed by atoms with Crippen molar-refractivity contribution in [3.63, 3.8) is 0 Å². The smallest absolute Gasteiger partial charge is 0.269 e. The van der Waals surface area contributed by atoms with E-state index in [0.717, 1.165) is 25.8 Å². The lowest BCUT2D eigenvalue weighted by molar-refractivity contribution is 0.103. The van der Waals surface area contributed by atoms with Gasteiger partial charge in [0, 0.05) is 5.02 Å². The summed E-state index contributed by atoms with van der Waals surface area (Å²) in [6.07, 6.45) is 0. The molecule has 0 aliphatic heterocycles. The van der Waals surface area contributed by atoms with E-state index in [-0.39, 0.29) is 5.91 Å². The fourth-order valence-electron chi connectivity index (χ4n) is 2.22. The van der Waals surface area contributed by atoms with Crippen LogP contribution in [-0.2, 0) is 0 Å². The van der Waals surface area contributed by atoms with E-state index in [4.69, 9.17) is 11.6 Å². The number of nitrogens with zero attached hydrogens (tertiary/aromatic N) is 2. The number of fused-ring (bicyclic) bond motifs is 1. The van der Waals surface area contributed by atoms with Crippen LogP contribution in [-0.4, -0.2) is 15.9 Å². The van der Waals surface area contributed by atoms with Gasteiger partial charge >= 0.3 is 0 Å². The molecule has 4 rings (SSSR count). The monoisotopic (exact) mass is 391 g/mol. The van der Waals surface area contributed by atoms with Crippen molar-refractivity contribution in [3.8, 4) is 9.88 Å². The molecule has 0 aliphatic rings. The van der Waals surface area contributed by atoms with E-state index in [1.165, 1.54) is 22.7 Å². The van der Waals surface area contributed by atoms with Gasteiger partial charge in [0.25, 0.3) is 5.91 Å². The third-order valence-corrected chi connectivity index (χ3v) is 6.67. The number of amides is 1. The number of halogens is 1. The van der Waals surface area contributed by atoms with Crippen LogP contribution >= 0.6 is 45.6 Å². The third-order valence-electron chi connectivity index (χ3n) is 3.31. The molecule has 0 saturated carbocycles. The van der Waals surface area contributed by atoms with E-state index in [1.54, 1.807) is 17.4 Å². The van der Waals surface area contributed by atoms with E-state index in [9.17, 15) is 4.79 Å². The predicted molar refractivity (Wildman–Crippen MR) is 103 cm³/mol. The van der Waals surface area contributed by atoms with Crippen molar-refractivity contribution in [2.45, 2.75) is 6.92 Å². The molecule has 120 valence electrons. The van der Waals surface area contributed by atoms with Gasteiger partial charge in [-0.25, -0.2) is 9.97 Å². The highest BCUT2D eigenvalue weighted by Gasteiger charge is 2.18. The Morgan fingerprint density at radius 2 is 2.08 bits per heavy atom. The van der Waals surface area contributed by atoms with Gasteiger partial charge in [-0.05, 0) is 36.6 Å². The zero-order valence-electron chi connectivity index (χ0n) is 12.4. The maximum atomic E-state index is 12.6. The fourth-order valence-corrected chi connectivity index (χ4v) is 5.11. The van der Waals surface area contributed by atoms with Crippen molar-refractivity contribution in [1.82, 2.24) is 9.97 Å². The number of rotatable bonds is 3. The Bertz CT molecular complexity index is 1040. The van der Waals surface area contributed by atoms with Crippen LogP contribution in [0.2, 0.25) is 5.02 Å². The Morgan fingerprint density at radius 3 is 2.88 bits per heavy atom. The standard InChI is InChI=1S/C16H10ClN3OS3/c1-8-13(24-15(18-8)11-3-2-6-22-11)14(21)20-16-19-10-5-4-9(17)7-12(10)23-16/h2-7H,1H3,(H,19,20,21). The first kappa shape index (κ1) is 15.7. The van der Waals surface area contributed by atoms with Gasteiger partial charge < -0.3 is 0 Å². The van der Waals surface area contributed by atoms with Crippen LogP contribution in [0.5, 0.6) is 0 Å². The Hall–Kier alpha value is -1.80. The molecule has 24 heavy (non-hydrogen) atoms. The van der Waals surface area contributed by atoms with Gasteiger partial charge in [0.1, 0.15) is 9.88 Å². The first-order valence-electron chi connectivity index (χ1n) is 6.99. The summed E-state index contributed by atoms with van der Waals surface area (Å²) >= 11 is 10.4. The number of aromatic nitrogens is 2. The highest BCUT2D eigenvalue weighted by molar-refractivity contribution is 7.23. The highest BCUT2D eigenvalue weighted by atomic mass is 35.5. The molecule has 4 aromatic rings. The second-order valence-electron chi connectivity index (χ2n) is 5.00. The summed E-state index contributed by atoms with van der Waals surface area (Å²) in [5, 5.41) is 6.94. The summed E-state index contributed by atoms with van der Waals surface area (Å²) in [5.41, 5.74) is 1.55. The molecule has 0 spiro atoms.